The predicted octanol–water partition coefficient (Wildman–Crippen LogP) is 0.910. The van der Waals surface area contributed by atoms with Crippen LogP contribution >= 0.6 is 0 Å². The number of nitrogens with zero attached hydrogens (tertiary/aromatic N) is 1. The molecule has 1 aromatic heterocycles. The molecule has 1 heterocycles. The van der Waals surface area contributed by atoms with Crippen LogP contribution in [-0.2, 0) is 0 Å². The number of aliphatic hydroxyl groups excluding tert-OH is 1. The zero-order valence-electron chi connectivity index (χ0n) is 8.96. The van der Waals surface area contributed by atoms with E-state index in [0.717, 1.165) is 0 Å². The van der Waals surface area contributed by atoms with Gasteiger partial charge in [0.1, 0.15) is 16.9 Å². The third-order valence-corrected chi connectivity index (χ3v) is 2.27. The standard InChI is InChI=1S/C12H11NO4/c14-6-5-13-7-9-11(15)8-3-1-2-4-10(8)17-12(9)16/h1-4,7,14-15H,5-6H2. The van der Waals surface area contributed by atoms with E-state index in [1.54, 1.807) is 24.3 Å². The third-order valence-electron chi connectivity index (χ3n) is 2.27. The Morgan fingerprint density at radius 1 is 1.35 bits per heavy atom. The molecule has 88 valence electrons. The van der Waals surface area contributed by atoms with Gasteiger partial charge in [-0.1, -0.05) is 12.1 Å². The molecule has 2 N–H and O–H groups in total. The summed E-state index contributed by atoms with van der Waals surface area (Å²) in [6.07, 6.45) is 1.21. The molecule has 2 aromatic rings. The summed E-state index contributed by atoms with van der Waals surface area (Å²) >= 11 is 0. The average molecular weight is 233 g/mol. The van der Waals surface area contributed by atoms with Gasteiger partial charge >= 0.3 is 5.63 Å². The first-order valence-corrected chi connectivity index (χ1v) is 5.09. The Hall–Kier alpha value is -2.14. The van der Waals surface area contributed by atoms with Gasteiger partial charge in [-0.05, 0) is 12.1 Å². The lowest BCUT2D eigenvalue weighted by molar-refractivity contribution is 0.307. The van der Waals surface area contributed by atoms with Gasteiger partial charge in [0, 0.05) is 6.21 Å². The first-order chi connectivity index (χ1) is 8.24. The van der Waals surface area contributed by atoms with E-state index in [1.807, 2.05) is 0 Å². The maximum atomic E-state index is 11.6. The number of benzene rings is 1. The summed E-state index contributed by atoms with van der Waals surface area (Å²) in [5.74, 6) is -0.154. The van der Waals surface area contributed by atoms with Gasteiger partial charge in [0.15, 0.2) is 0 Å². The van der Waals surface area contributed by atoms with Crippen LogP contribution in [-0.4, -0.2) is 29.6 Å². The van der Waals surface area contributed by atoms with Crippen molar-refractivity contribution in [2.45, 2.75) is 0 Å². The van der Waals surface area contributed by atoms with E-state index in [9.17, 15) is 9.90 Å². The molecule has 0 aliphatic heterocycles. The van der Waals surface area contributed by atoms with E-state index in [4.69, 9.17) is 9.52 Å². The molecule has 17 heavy (non-hydrogen) atoms. The monoisotopic (exact) mass is 233 g/mol. The van der Waals surface area contributed by atoms with Crippen LogP contribution in [0.25, 0.3) is 11.0 Å². The fourth-order valence-corrected chi connectivity index (χ4v) is 1.48. The van der Waals surface area contributed by atoms with E-state index in [-0.39, 0.29) is 24.5 Å². The zero-order valence-corrected chi connectivity index (χ0v) is 8.96. The fourth-order valence-electron chi connectivity index (χ4n) is 1.48. The van der Waals surface area contributed by atoms with E-state index in [0.29, 0.717) is 11.0 Å². The van der Waals surface area contributed by atoms with E-state index < -0.39 is 5.63 Å². The molecule has 0 aliphatic carbocycles. The molecule has 0 unspecified atom stereocenters. The number of aromatic hydroxyl groups is 1. The number of rotatable bonds is 3. The highest BCUT2D eigenvalue weighted by atomic mass is 16.4. The van der Waals surface area contributed by atoms with Crippen molar-refractivity contribution in [3.05, 3.63) is 40.2 Å². The Labute approximate surface area is 96.7 Å². The second-order valence-corrected chi connectivity index (χ2v) is 3.41. The minimum Gasteiger partial charge on any atom is -0.506 e. The second-order valence-electron chi connectivity index (χ2n) is 3.41. The van der Waals surface area contributed by atoms with Gasteiger partial charge in [-0.15, -0.1) is 0 Å². The molecule has 0 amide bonds. The largest absolute Gasteiger partial charge is 0.506 e. The molecule has 0 bridgehead atoms. The van der Waals surface area contributed by atoms with E-state index >= 15 is 0 Å². The van der Waals surface area contributed by atoms with Crippen molar-refractivity contribution >= 4 is 17.2 Å². The Morgan fingerprint density at radius 2 is 2.12 bits per heavy atom. The van der Waals surface area contributed by atoms with Gasteiger partial charge in [-0.3, -0.25) is 4.99 Å². The molecule has 2 rings (SSSR count). The average Bonchev–Trinajstić information content (AvgIpc) is 2.33. The number of aliphatic hydroxyl groups is 1. The predicted molar refractivity (Wildman–Crippen MR) is 63.7 cm³/mol. The van der Waals surface area contributed by atoms with Crippen LogP contribution in [0.15, 0.2) is 38.5 Å². The molecule has 0 saturated heterocycles. The number of para-hydroxylation sites is 1. The zero-order chi connectivity index (χ0) is 12.3. The van der Waals surface area contributed by atoms with E-state index in [1.165, 1.54) is 6.21 Å². The summed E-state index contributed by atoms with van der Waals surface area (Å²) in [6.45, 7) is 0.0574. The number of hydrogen-bond donors (Lipinski definition) is 2. The summed E-state index contributed by atoms with van der Waals surface area (Å²) < 4.78 is 5.03. The minimum absolute atomic E-state index is 0.00264. The molecule has 0 aliphatic rings. The van der Waals surface area contributed by atoms with E-state index in [2.05, 4.69) is 4.99 Å². The Bertz CT molecular complexity index is 615. The molecule has 0 fully saturated rings. The Balaban J connectivity index is 2.60. The van der Waals surface area contributed by atoms with Crippen LogP contribution in [0, 0.1) is 0 Å². The molecule has 5 nitrogen and oxygen atoms in total. The molecule has 0 atom stereocenters. The van der Waals surface area contributed by atoms with Gasteiger partial charge in [0.25, 0.3) is 0 Å². The van der Waals surface area contributed by atoms with Gasteiger partial charge in [0.2, 0.25) is 0 Å². The topological polar surface area (TPSA) is 83.0 Å². The van der Waals surface area contributed by atoms with Crippen LogP contribution in [0.2, 0.25) is 0 Å². The number of fused-ring (bicyclic) bond motifs is 1. The fraction of sp³-hybridized carbons (Fsp3) is 0.167. The summed E-state index contributed by atoms with van der Waals surface area (Å²) in [4.78, 5) is 15.4. The maximum Gasteiger partial charge on any atom is 0.348 e. The van der Waals surface area contributed by atoms with Gasteiger partial charge < -0.3 is 14.6 Å². The van der Waals surface area contributed by atoms with Crippen molar-refractivity contribution in [2.24, 2.45) is 4.99 Å². The maximum absolute atomic E-state index is 11.6. The van der Waals surface area contributed by atoms with Crippen molar-refractivity contribution < 1.29 is 14.6 Å². The van der Waals surface area contributed by atoms with Crippen LogP contribution in [0.1, 0.15) is 5.56 Å². The number of hydrogen-bond acceptors (Lipinski definition) is 5. The normalized spacial score (nSPS) is 11.4. The molecule has 1 aromatic carbocycles. The third kappa shape index (κ3) is 2.19. The first-order valence-electron chi connectivity index (χ1n) is 5.09. The summed E-state index contributed by atoms with van der Waals surface area (Å²) in [7, 11) is 0. The highest BCUT2D eigenvalue weighted by Gasteiger charge is 2.11. The molecule has 5 heteroatoms. The molecule has 0 spiro atoms. The van der Waals surface area contributed by atoms with Crippen LogP contribution in [0.5, 0.6) is 5.75 Å². The summed E-state index contributed by atoms with van der Waals surface area (Å²) in [6, 6.07) is 6.70. The quantitative estimate of drug-likeness (QED) is 0.609. The smallest absolute Gasteiger partial charge is 0.348 e. The molecular formula is C12H11NO4. The SMILES string of the molecule is O=c1oc2ccccc2c(O)c1C=NCCO. The lowest BCUT2D eigenvalue weighted by Gasteiger charge is -2.01. The molecule has 0 saturated carbocycles. The van der Waals surface area contributed by atoms with Crippen LogP contribution in [0.4, 0.5) is 0 Å². The highest BCUT2D eigenvalue weighted by molar-refractivity contribution is 5.93. The van der Waals surface area contributed by atoms with Crippen molar-refractivity contribution in [1.82, 2.24) is 0 Å². The van der Waals surface area contributed by atoms with Crippen molar-refractivity contribution in [3.63, 3.8) is 0 Å². The first kappa shape index (κ1) is 11.3. The number of aliphatic imine (C=N–C) groups is 1. The Kier molecular flexibility index (Phi) is 3.20. The summed E-state index contributed by atoms with van der Waals surface area (Å²) in [5.41, 5.74) is -0.325. The van der Waals surface area contributed by atoms with Crippen molar-refractivity contribution in [2.75, 3.05) is 13.2 Å². The molecule has 0 radical (unpaired) electrons. The molecular weight excluding hydrogens is 222 g/mol. The van der Waals surface area contributed by atoms with Crippen LogP contribution < -0.4 is 5.63 Å². The highest BCUT2D eigenvalue weighted by Crippen LogP contribution is 2.24. The summed E-state index contributed by atoms with van der Waals surface area (Å²) in [5, 5.41) is 18.9. The lowest BCUT2D eigenvalue weighted by atomic mass is 10.1. The Morgan fingerprint density at radius 3 is 2.88 bits per heavy atom. The van der Waals surface area contributed by atoms with Gasteiger partial charge in [-0.25, -0.2) is 4.79 Å². The van der Waals surface area contributed by atoms with Crippen molar-refractivity contribution in [3.8, 4) is 5.75 Å². The second kappa shape index (κ2) is 4.80. The lowest BCUT2D eigenvalue weighted by Crippen LogP contribution is -2.07. The van der Waals surface area contributed by atoms with Crippen molar-refractivity contribution in [1.29, 1.82) is 0 Å². The van der Waals surface area contributed by atoms with Crippen LogP contribution in [0.3, 0.4) is 0 Å². The minimum atomic E-state index is -0.650. The van der Waals surface area contributed by atoms with Gasteiger partial charge in [-0.2, -0.15) is 0 Å². The van der Waals surface area contributed by atoms with Gasteiger partial charge in [0.05, 0.1) is 18.5 Å².